The lowest BCUT2D eigenvalue weighted by molar-refractivity contribution is 0.115. The number of halogens is 1. The largest absolute Gasteiger partial charge is 0.376 e. The van der Waals surface area contributed by atoms with Crippen LogP contribution in [-0.2, 0) is 11.3 Å². The quantitative estimate of drug-likeness (QED) is 0.748. The van der Waals surface area contributed by atoms with Crippen molar-refractivity contribution >= 4 is 5.82 Å². The van der Waals surface area contributed by atoms with Crippen molar-refractivity contribution in [3.8, 4) is 0 Å². The van der Waals surface area contributed by atoms with E-state index < -0.39 is 0 Å². The zero-order valence-electron chi connectivity index (χ0n) is 13.1. The van der Waals surface area contributed by atoms with E-state index in [0.29, 0.717) is 6.54 Å². The molecule has 1 aromatic heterocycles. The smallest absolute Gasteiger partial charge is 0.141 e. The van der Waals surface area contributed by atoms with Crippen LogP contribution in [0.3, 0.4) is 0 Å². The molecule has 1 aliphatic heterocycles. The summed E-state index contributed by atoms with van der Waals surface area (Å²) in [7, 11) is 0. The molecule has 1 atom stereocenters. The Morgan fingerprint density at radius 3 is 3.00 bits per heavy atom. The van der Waals surface area contributed by atoms with Crippen molar-refractivity contribution in [2.24, 2.45) is 0 Å². The zero-order chi connectivity index (χ0) is 15.1. The van der Waals surface area contributed by atoms with Crippen LogP contribution >= 0.6 is 0 Å². The van der Waals surface area contributed by atoms with Gasteiger partial charge in [0.2, 0.25) is 0 Å². The third-order valence-corrected chi connectivity index (χ3v) is 3.78. The van der Waals surface area contributed by atoms with Gasteiger partial charge in [0.25, 0.3) is 0 Å². The van der Waals surface area contributed by atoms with Gasteiger partial charge in [-0.1, -0.05) is 6.92 Å². The number of likely N-dealkylation sites (N-methyl/N-ethyl adjacent to an activating group) is 1. The molecule has 0 amide bonds. The van der Waals surface area contributed by atoms with E-state index in [1.165, 1.54) is 6.20 Å². The summed E-state index contributed by atoms with van der Waals surface area (Å²) in [6.45, 7) is 8.32. The highest BCUT2D eigenvalue weighted by Crippen LogP contribution is 2.21. The number of nitrogens with one attached hydrogen (secondary N) is 1. The standard InChI is InChI=1S/C16H26FN3O/c1-3-7-18-10-13-9-14(17)11-19-16(13)20(4-2)12-15-6-5-8-21-15/h9,11,15,18H,3-8,10,12H2,1-2H3. The minimum atomic E-state index is -0.278. The zero-order valence-corrected chi connectivity index (χ0v) is 13.1. The Hall–Kier alpha value is -1.20. The normalized spacial score (nSPS) is 18.1. The van der Waals surface area contributed by atoms with Gasteiger partial charge in [-0.3, -0.25) is 0 Å². The van der Waals surface area contributed by atoms with Crippen LogP contribution in [-0.4, -0.2) is 37.3 Å². The summed E-state index contributed by atoms with van der Waals surface area (Å²) in [4.78, 5) is 6.52. The van der Waals surface area contributed by atoms with Gasteiger partial charge in [-0.15, -0.1) is 0 Å². The van der Waals surface area contributed by atoms with Crippen LogP contribution in [0.5, 0.6) is 0 Å². The number of aromatic nitrogens is 1. The molecule has 1 fully saturated rings. The Labute approximate surface area is 126 Å². The predicted molar refractivity (Wildman–Crippen MR) is 83.1 cm³/mol. The molecule has 118 valence electrons. The molecule has 1 unspecified atom stereocenters. The molecule has 0 saturated carbocycles. The summed E-state index contributed by atoms with van der Waals surface area (Å²) in [5.74, 6) is 0.596. The van der Waals surface area contributed by atoms with E-state index in [0.717, 1.165) is 56.9 Å². The van der Waals surface area contributed by atoms with Gasteiger partial charge in [0.05, 0.1) is 12.3 Å². The number of nitrogens with zero attached hydrogens (tertiary/aromatic N) is 2. The molecule has 0 radical (unpaired) electrons. The van der Waals surface area contributed by atoms with Crippen LogP contribution in [0.25, 0.3) is 0 Å². The fourth-order valence-electron chi connectivity index (χ4n) is 2.69. The number of hydrogen-bond acceptors (Lipinski definition) is 4. The molecule has 0 aliphatic carbocycles. The van der Waals surface area contributed by atoms with Gasteiger partial charge in [-0.2, -0.15) is 0 Å². The van der Waals surface area contributed by atoms with E-state index in [-0.39, 0.29) is 11.9 Å². The first-order valence-electron chi connectivity index (χ1n) is 7.96. The molecular formula is C16H26FN3O. The molecule has 5 heteroatoms. The summed E-state index contributed by atoms with van der Waals surface area (Å²) in [6, 6.07) is 1.59. The third kappa shape index (κ3) is 4.64. The molecule has 2 heterocycles. The molecule has 1 saturated heterocycles. The molecule has 0 bridgehead atoms. The Bertz CT molecular complexity index is 436. The van der Waals surface area contributed by atoms with Gasteiger partial charge in [0.15, 0.2) is 0 Å². The van der Waals surface area contributed by atoms with E-state index >= 15 is 0 Å². The van der Waals surface area contributed by atoms with Crippen molar-refractivity contribution in [3.63, 3.8) is 0 Å². The number of pyridine rings is 1. The summed E-state index contributed by atoms with van der Waals surface area (Å²) in [5.41, 5.74) is 0.920. The average Bonchev–Trinajstić information content (AvgIpc) is 2.99. The van der Waals surface area contributed by atoms with Crippen molar-refractivity contribution in [3.05, 3.63) is 23.6 Å². The lowest BCUT2D eigenvalue weighted by Crippen LogP contribution is -2.34. The fourth-order valence-corrected chi connectivity index (χ4v) is 2.69. The van der Waals surface area contributed by atoms with Crippen LogP contribution in [0.2, 0.25) is 0 Å². The average molecular weight is 295 g/mol. The van der Waals surface area contributed by atoms with E-state index in [9.17, 15) is 4.39 Å². The maximum atomic E-state index is 13.5. The number of rotatable bonds is 8. The first kappa shape index (κ1) is 16.2. The lowest BCUT2D eigenvalue weighted by Gasteiger charge is -2.27. The molecule has 1 N–H and O–H groups in total. The molecule has 0 aromatic carbocycles. The van der Waals surface area contributed by atoms with Crippen LogP contribution in [0, 0.1) is 5.82 Å². The highest BCUT2D eigenvalue weighted by molar-refractivity contribution is 5.47. The van der Waals surface area contributed by atoms with Crippen LogP contribution in [0.15, 0.2) is 12.3 Å². The second-order valence-electron chi connectivity index (χ2n) is 5.49. The molecule has 21 heavy (non-hydrogen) atoms. The topological polar surface area (TPSA) is 37.4 Å². The van der Waals surface area contributed by atoms with E-state index in [2.05, 4.69) is 29.0 Å². The van der Waals surface area contributed by atoms with Crippen molar-refractivity contribution < 1.29 is 9.13 Å². The highest BCUT2D eigenvalue weighted by atomic mass is 19.1. The lowest BCUT2D eigenvalue weighted by atomic mass is 10.2. The predicted octanol–water partition coefficient (Wildman–Crippen LogP) is 2.73. The second-order valence-corrected chi connectivity index (χ2v) is 5.49. The summed E-state index contributed by atoms with van der Waals surface area (Å²) < 4.78 is 19.2. The molecular weight excluding hydrogens is 269 g/mol. The maximum Gasteiger partial charge on any atom is 0.141 e. The maximum absolute atomic E-state index is 13.5. The van der Waals surface area contributed by atoms with Gasteiger partial charge in [-0.25, -0.2) is 9.37 Å². The molecule has 2 rings (SSSR count). The van der Waals surface area contributed by atoms with E-state index in [1.54, 1.807) is 6.07 Å². The Morgan fingerprint density at radius 2 is 2.33 bits per heavy atom. The van der Waals surface area contributed by atoms with Crippen molar-refractivity contribution in [2.45, 2.75) is 45.8 Å². The van der Waals surface area contributed by atoms with Gasteiger partial charge < -0.3 is 15.0 Å². The van der Waals surface area contributed by atoms with Gasteiger partial charge >= 0.3 is 0 Å². The monoisotopic (exact) mass is 295 g/mol. The van der Waals surface area contributed by atoms with E-state index in [4.69, 9.17) is 4.74 Å². The summed E-state index contributed by atoms with van der Waals surface area (Å²) in [6.07, 6.45) is 4.86. The second kappa shape index (κ2) is 8.29. The number of anilines is 1. The first-order valence-corrected chi connectivity index (χ1v) is 7.96. The van der Waals surface area contributed by atoms with Gasteiger partial charge in [-0.05, 0) is 38.8 Å². The SMILES string of the molecule is CCCNCc1cc(F)cnc1N(CC)CC1CCCO1. The first-order chi connectivity index (χ1) is 10.2. The van der Waals surface area contributed by atoms with Crippen LogP contribution in [0.1, 0.15) is 38.7 Å². The molecule has 0 spiro atoms. The van der Waals surface area contributed by atoms with Gasteiger partial charge in [0.1, 0.15) is 11.6 Å². The number of hydrogen-bond donors (Lipinski definition) is 1. The molecule has 1 aromatic rings. The van der Waals surface area contributed by atoms with Crippen LogP contribution < -0.4 is 10.2 Å². The molecule has 4 nitrogen and oxygen atoms in total. The summed E-state index contributed by atoms with van der Waals surface area (Å²) >= 11 is 0. The highest BCUT2D eigenvalue weighted by Gasteiger charge is 2.21. The summed E-state index contributed by atoms with van der Waals surface area (Å²) in [5, 5.41) is 3.33. The van der Waals surface area contributed by atoms with E-state index in [1.807, 2.05) is 0 Å². The van der Waals surface area contributed by atoms with Crippen molar-refractivity contribution in [1.82, 2.24) is 10.3 Å². The van der Waals surface area contributed by atoms with Crippen LogP contribution in [0.4, 0.5) is 10.2 Å². The third-order valence-electron chi connectivity index (χ3n) is 3.78. The Kier molecular flexibility index (Phi) is 6.39. The Balaban J connectivity index is 2.10. The minimum Gasteiger partial charge on any atom is -0.376 e. The number of ether oxygens (including phenoxy) is 1. The molecule has 1 aliphatic rings. The minimum absolute atomic E-state index is 0.272. The van der Waals surface area contributed by atoms with Gasteiger partial charge in [0, 0.05) is 31.8 Å². The Morgan fingerprint density at radius 1 is 1.48 bits per heavy atom. The fraction of sp³-hybridized carbons (Fsp3) is 0.688. The van der Waals surface area contributed by atoms with Crippen molar-refractivity contribution in [2.75, 3.05) is 31.1 Å². The van der Waals surface area contributed by atoms with Crippen molar-refractivity contribution in [1.29, 1.82) is 0 Å².